The predicted molar refractivity (Wildman–Crippen MR) is 123 cm³/mol. The molecule has 0 aliphatic carbocycles. The molecule has 0 saturated heterocycles. The summed E-state index contributed by atoms with van der Waals surface area (Å²) in [6, 6.07) is 17.0. The Morgan fingerprint density at radius 2 is 1.63 bits per heavy atom. The molecule has 0 spiro atoms. The van der Waals surface area contributed by atoms with Crippen LogP contribution in [0.5, 0.6) is 5.75 Å². The Bertz CT molecular complexity index is 1260. The van der Waals surface area contributed by atoms with Crippen LogP contribution in [-0.2, 0) is 0 Å². The quantitative estimate of drug-likeness (QED) is 0.332. The Labute approximate surface area is 184 Å². The summed E-state index contributed by atoms with van der Waals surface area (Å²) >= 11 is 12.2. The van der Waals surface area contributed by atoms with Gasteiger partial charge >= 0.3 is 0 Å². The largest absolute Gasteiger partial charge is 0.505 e. The number of halogens is 2. The maximum Gasteiger partial charge on any atom is 0.163 e. The first-order valence-corrected chi connectivity index (χ1v) is 10.0. The average Bonchev–Trinajstić information content (AvgIpc) is 2.73. The van der Waals surface area contributed by atoms with E-state index in [2.05, 4.69) is 10.3 Å². The predicted octanol–water partition coefficient (Wildman–Crippen LogP) is 7.17. The third-order valence-corrected chi connectivity index (χ3v) is 5.49. The molecule has 3 aromatic carbocycles. The zero-order chi connectivity index (χ0) is 21.4. The number of fused-ring (bicyclic) bond motifs is 1. The number of rotatable bonds is 4. The second kappa shape index (κ2) is 7.98. The minimum atomic E-state index is -0.148. The van der Waals surface area contributed by atoms with E-state index in [1.54, 1.807) is 18.3 Å². The summed E-state index contributed by atoms with van der Waals surface area (Å²) in [4.78, 5) is 16.7. The van der Waals surface area contributed by atoms with Crippen LogP contribution in [0.2, 0.25) is 10.0 Å². The highest BCUT2D eigenvalue weighted by Gasteiger charge is 2.15. The van der Waals surface area contributed by atoms with Crippen molar-refractivity contribution in [3.63, 3.8) is 0 Å². The first-order chi connectivity index (χ1) is 14.3. The van der Waals surface area contributed by atoms with Gasteiger partial charge in [0, 0.05) is 17.3 Å². The molecule has 4 nitrogen and oxygen atoms in total. The van der Waals surface area contributed by atoms with E-state index in [4.69, 9.17) is 23.2 Å². The van der Waals surface area contributed by atoms with Gasteiger partial charge < -0.3 is 10.4 Å². The monoisotopic (exact) mass is 436 g/mol. The molecule has 150 valence electrons. The number of aryl methyl sites for hydroxylation is 1. The maximum atomic E-state index is 12.3. The number of benzene rings is 3. The van der Waals surface area contributed by atoms with E-state index in [9.17, 15) is 9.90 Å². The van der Waals surface area contributed by atoms with Crippen molar-refractivity contribution in [1.82, 2.24) is 4.98 Å². The smallest absolute Gasteiger partial charge is 0.163 e. The molecular formula is C24H18Cl2N2O2. The summed E-state index contributed by atoms with van der Waals surface area (Å²) in [6.07, 6.45) is 1.59. The van der Waals surface area contributed by atoms with Crippen molar-refractivity contribution in [2.24, 2.45) is 0 Å². The topological polar surface area (TPSA) is 62.2 Å². The second-order valence-electron chi connectivity index (χ2n) is 7.11. The molecule has 6 heteroatoms. The van der Waals surface area contributed by atoms with E-state index in [1.807, 2.05) is 49.4 Å². The van der Waals surface area contributed by atoms with Crippen LogP contribution < -0.4 is 5.32 Å². The number of hydrogen-bond acceptors (Lipinski definition) is 4. The number of nitrogens with zero attached hydrogens (tertiary/aromatic N) is 1. The number of ketones is 1. The van der Waals surface area contributed by atoms with Crippen molar-refractivity contribution < 1.29 is 9.90 Å². The molecule has 0 aliphatic rings. The van der Waals surface area contributed by atoms with Gasteiger partial charge in [-0.25, -0.2) is 0 Å². The van der Waals surface area contributed by atoms with Crippen LogP contribution in [0.1, 0.15) is 22.8 Å². The van der Waals surface area contributed by atoms with E-state index in [1.165, 1.54) is 6.92 Å². The lowest BCUT2D eigenvalue weighted by molar-refractivity contribution is 0.101. The van der Waals surface area contributed by atoms with Crippen molar-refractivity contribution >= 4 is 51.3 Å². The maximum absolute atomic E-state index is 12.3. The molecule has 1 heterocycles. The number of aromatic hydroxyl groups is 1. The third-order valence-electron chi connectivity index (χ3n) is 4.92. The molecule has 0 saturated carbocycles. The Morgan fingerprint density at radius 3 is 2.27 bits per heavy atom. The van der Waals surface area contributed by atoms with Crippen LogP contribution in [-0.4, -0.2) is 15.9 Å². The summed E-state index contributed by atoms with van der Waals surface area (Å²) in [5.74, 6) is -0.231. The summed E-state index contributed by atoms with van der Waals surface area (Å²) in [7, 11) is 0. The summed E-state index contributed by atoms with van der Waals surface area (Å²) < 4.78 is 0. The molecule has 0 unspecified atom stereocenters. The van der Waals surface area contributed by atoms with Gasteiger partial charge in [-0.1, -0.05) is 47.0 Å². The lowest BCUT2D eigenvalue weighted by Crippen LogP contribution is -2.03. The first kappa shape index (κ1) is 20.2. The fourth-order valence-corrected chi connectivity index (χ4v) is 3.77. The van der Waals surface area contributed by atoms with Crippen LogP contribution in [0.4, 0.5) is 11.4 Å². The zero-order valence-electron chi connectivity index (χ0n) is 16.3. The first-order valence-electron chi connectivity index (χ1n) is 9.29. The Kier molecular flexibility index (Phi) is 5.37. The van der Waals surface area contributed by atoms with E-state index in [0.717, 1.165) is 33.3 Å². The summed E-state index contributed by atoms with van der Waals surface area (Å²) in [5, 5.41) is 14.4. The highest BCUT2D eigenvalue weighted by Crippen LogP contribution is 2.38. The number of carbonyl (C=O) groups is 1. The van der Waals surface area contributed by atoms with Crippen molar-refractivity contribution in [3.8, 4) is 16.9 Å². The van der Waals surface area contributed by atoms with E-state index in [0.29, 0.717) is 11.3 Å². The van der Waals surface area contributed by atoms with Crippen molar-refractivity contribution in [2.45, 2.75) is 13.8 Å². The van der Waals surface area contributed by atoms with Crippen LogP contribution in [0, 0.1) is 6.92 Å². The van der Waals surface area contributed by atoms with Gasteiger partial charge in [-0.3, -0.25) is 9.78 Å². The zero-order valence-corrected chi connectivity index (χ0v) is 17.8. The number of nitrogens with one attached hydrogen (secondary N) is 1. The third kappa shape index (κ3) is 3.84. The number of hydrogen-bond donors (Lipinski definition) is 2. The molecule has 4 aromatic rings. The van der Waals surface area contributed by atoms with Crippen LogP contribution in [0.3, 0.4) is 0 Å². The number of pyridine rings is 1. The van der Waals surface area contributed by atoms with E-state index < -0.39 is 0 Å². The number of aromatic nitrogens is 1. The molecular weight excluding hydrogens is 419 g/mol. The van der Waals surface area contributed by atoms with Gasteiger partial charge in [0.25, 0.3) is 0 Å². The SMILES string of the molecule is CC(=O)c1cnc2ccc(-c3cc(Cl)c(O)c(Cl)c3)cc2c1Nc1ccc(C)cc1. The molecule has 1 aromatic heterocycles. The molecule has 0 radical (unpaired) electrons. The van der Waals surface area contributed by atoms with E-state index in [-0.39, 0.29) is 21.6 Å². The molecule has 0 fully saturated rings. The van der Waals surface area contributed by atoms with Gasteiger partial charge in [0.05, 0.1) is 26.8 Å². The standard InChI is InChI=1S/C24H18Cl2N2O2/c1-13-3-6-17(7-4-13)28-23-18-9-15(16-10-20(25)24(30)21(26)11-16)5-8-22(18)27-12-19(23)14(2)29/h3-12,30H,1-2H3,(H,27,28). The van der Waals surface area contributed by atoms with Gasteiger partial charge in [-0.2, -0.15) is 0 Å². The lowest BCUT2D eigenvalue weighted by atomic mass is 10.00. The Balaban J connectivity index is 1.91. The number of Topliss-reactive ketones (excluding diaryl/α,β-unsaturated/α-hetero) is 1. The summed E-state index contributed by atoms with van der Waals surface area (Å²) in [6.45, 7) is 3.54. The van der Waals surface area contributed by atoms with Crippen molar-refractivity contribution in [3.05, 3.63) is 82.0 Å². The average molecular weight is 437 g/mol. The molecule has 0 aliphatic heterocycles. The number of phenolic OH excluding ortho intramolecular Hbond substituents is 1. The molecule has 30 heavy (non-hydrogen) atoms. The van der Waals surface area contributed by atoms with Gasteiger partial charge in [0.15, 0.2) is 11.5 Å². The molecule has 2 N–H and O–H groups in total. The Morgan fingerprint density at radius 1 is 0.967 bits per heavy atom. The normalized spacial score (nSPS) is 10.9. The van der Waals surface area contributed by atoms with Crippen LogP contribution >= 0.6 is 23.2 Å². The number of carbonyl (C=O) groups excluding carboxylic acids is 1. The van der Waals surface area contributed by atoms with Crippen molar-refractivity contribution in [1.29, 1.82) is 0 Å². The minimum absolute atomic E-state index is 0.0832. The number of phenols is 1. The Hall–Kier alpha value is -3.08. The minimum Gasteiger partial charge on any atom is -0.505 e. The fourth-order valence-electron chi connectivity index (χ4n) is 3.29. The molecule has 0 bridgehead atoms. The fraction of sp³-hybridized carbons (Fsp3) is 0.0833. The molecule has 0 atom stereocenters. The molecule has 4 rings (SSSR count). The van der Waals surface area contributed by atoms with Gasteiger partial charge in [-0.15, -0.1) is 0 Å². The van der Waals surface area contributed by atoms with Gasteiger partial charge in [0.2, 0.25) is 0 Å². The highest BCUT2D eigenvalue weighted by molar-refractivity contribution is 6.37. The van der Waals surface area contributed by atoms with Crippen LogP contribution in [0.25, 0.3) is 22.0 Å². The van der Waals surface area contributed by atoms with Gasteiger partial charge in [-0.05, 0) is 61.4 Å². The lowest BCUT2D eigenvalue weighted by Gasteiger charge is -2.15. The highest BCUT2D eigenvalue weighted by atomic mass is 35.5. The summed E-state index contributed by atoms with van der Waals surface area (Å²) in [5.41, 5.74) is 5.54. The van der Waals surface area contributed by atoms with Crippen LogP contribution in [0.15, 0.2) is 60.8 Å². The second-order valence-corrected chi connectivity index (χ2v) is 7.93. The van der Waals surface area contributed by atoms with E-state index >= 15 is 0 Å². The van der Waals surface area contributed by atoms with Gasteiger partial charge in [0.1, 0.15) is 0 Å². The number of anilines is 2. The molecule has 0 amide bonds. The van der Waals surface area contributed by atoms with Crippen molar-refractivity contribution in [2.75, 3.05) is 5.32 Å².